The molecule has 1 aromatic carbocycles. The van der Waals surface area contributed by atoms with Crippen LogP contribution in [0.3, 0.4) is 0 Å². The molecule has 122 valence electrons. The standard InChI is InChI=1S/C14H16FN5O3/c15-12-3-10(19-8-11(4-16)23-14(19)21)1-2-13(12)20-7-9(5-17-20)6-18-22/h1-3,5,7,11,18,22H,4,6,8,16H2/t11-/m0/s1. The topological polar surface area (TPSA) is 106 Å². The molecule has 1 aromatic heterocycles. The Labute approximate surface area is 131 Å². The van der Waals surface area contributed by atoms with Crippen molar-refractivity contribution in [1.29, 1.82) is 0 Å². The molecule has 1 atom stereocenters. The lowest BCUT2D eigenvalue weighted by Gasteiger charge is -2.14. The van der Waals surface area contributed by atoms with Crippen LogP contribution in [0.1, 0.15) is 5.56 Å². The Kier molecular flexibility index (Phi) is 4.24. The van der Waals surface area contributed by atoms with Gasteiger partial charge in [-0.25, -0.2) is 19.3 Å². The summed E-state index contributed by atoms with van der Waals surface area (Å²) in [6.07, 6.45) is 2.18. The van der Waals surface area contributed by atoms with Crippen LogP contribution in [0.25, 0.3) is 5.69 Å². The lowest BCUT2D eigenvalue weighted by Crippen LogP contribution is -2.27. The van der Waals surface area contributed by atoms with Crippen molar-refractivity contribution in [1.82, 2.24) is 15.3 Å². The highest BCUT2D eigenvalue weighted by Gasteiger charge is 2.31. The van der Waals surface area contributed by atoms with Gasteiger partial charge in [-0.3, -0.25) is 4.90 Å². The van der Waals surface area contributed by atoms with E-state index in [1.54, 1.807) is 12.3 Å². The van der Waals surface area contributed by atoms with Gasteiger partial charge in [0.05, 0.1) is 18.4 Å². The highest BCUT2D eigenvalue weighted by molar-refractivity contribution is 5.89. The molecule has 0 bridgehead atoms. The molecule has 3 rings (SSSR count). The number of benzene rings is 1. The van der Waals surface area contributed by atoms with Crippen molar-refractivity contribution in [3.8, 4) is 5.69 Å². The summed E-state index contributed by atoms with van der Waals surface area (Å²) < 4.78 is 20.8. The fraction of sp³-hybridized carbons (Fsp3) is 0.286. The lowest BCUT2D eigenvalue weighted by molar-refractivity contribution is 0.145. The van der Waals surface area contributed by atoms with Gasteiger partial charge in [-0.2, -0.15) is 5.10 Å². The van der Waals surface area contributed by atoms with Crippen molar-refractivity contribution >= 4 is 11.8 Å². The van der Waals surface area contributed by atoms with Crippen LogP contribution >= 0.6 is 0 Å². The number of hydrogen-bond acceptors (Lipinski definition) is 6. The molecule has 4 N–H and O–H groups in total. The maximum Gasteiger partial charge on any atom is 0.414 e. The first-order valence-electron chi connectivity index (χ1n) is 7.01. The highest BCUT2D eigenvalue weighted by atomic mass is 19.1. The smallest absolute Gasteiger partial charge is 0.414 e. The van der Waals surface area contributed by atoms with E-state index in [0.29, 0.717) is 17.8 Å². The fourth-order valence-corrected chi connectivity index (χ4v) is 2.38. The Morgan fingerprint density at radius 2 is 2.35 bits per heavy atom. The number of nitrogens with two attached hydrogens (primary N) is 1. The molecule has 0 aliphatic carbocycles. The van der Waals surface area contributed by atoms with E-state index in [-0.39, 0.29) is 24.9 Å². The number of amides is 1. The molecule has 0 unspecified atom stereocenters. The Morgan fingerprint density at radius 1 is 1.52 bits per heavy atom. The van der Waals surface area contributed by atoms with Gasteiger partial charge in [0.2, 0.25) is 0 Å². The number of cyclic esters (lactones) is 1. The summed E-state index contributed by atoms with van der Waals surface area (Å²) in [4.78, 5) is 13.1. The van der Waals surface area contributed by atoms with Gasteiger partial charge in [-0.15, -0.1) is 0 Å². The van der Waals surface area contributed by atoms with Crippen molar-refractivity contribution in [2.24, 2.45) is 5.73 Å². The molecular weight excluding hydrogens is 305 g/mol. The quantitative estimate of drug-likeness (QED) is 0.703. The van der Waals surface area contributed by atoms with Gasteiger partial charge in [0.1, 0.15) is 11.8 Å². The van der Waals surface area contributed by atoms with Crippen molar-refractivity contribution in [3.63, 3.8) is 0 Å². The third-order valence-electron chi connectivity index (χ3n) is 3.55. The number of halogens is 1. The third-order valence-corrected chi connectivity index (χ3v) is 3.55. The summed E-state index contributed by atoms with van der Waals surface area (Å²) in [6, 6.07) is 4.39. The van der Waals surface area contributed by atoms with Crippen LogP contribution in [0.15, 0.2) is 30.6 Å². The minimum absolute atomic E-state index is 0.208. The van der Waals surface area contributed by atoms with Crippen molar-refractivity contribution in [2.45, 2.75) is 12.6 Å². The summed E-state index contributed by atoms with van der Waals surface area (Å²) in [5.41, 5.74) is 8.83. The molecule has 9 heteroatoms. The first-order valence-corrected chi connectivity index (χ1v) is 7.01. The van der Waals surface area contributed by atoms with Crippen molar-refractivity contribution in [3.05, 3.63) is 42.0 Å². The number of aromatic nitrogens is 2. The lowest BCUT2D eigenvalue weighted by atomic mass is 10.2. The van der Waals surface area contributed by atoms with E-state index in [4.69, 9.17) is 15.7 Å². The first kappa shape index (κ1) is 15.4. The van der Waals surface area contributed by atoms with Crippen LogP contribution in [0, 0.1) is 5.82 Å². The molecule has 23 heavy (non-hydrogen) atoms. The molecular formula is C14H16FN5O3. The van der Waals surface area contributed by atoms with Gasteiger partial charge in [-0.05, 0) is 18.2 Å². The number of ether oxygens (including phenoxy) is 1. The van der Waals surface area contributed by atoms with Crippen LogP contribution in [-0.2, 0) is 11.3 Å². The molecule has 1 fully saturated rings. The van der Waals surface area contributed by atoms with Crippen LogP contribution in [0.2, 0.25) is 0 Å². The van der Waals surface area contributed by atoms with E-state index >= 15 is 0 Å². The SMILES string of the molecule is NC[C@H]1CN(c2ccc(-n3cc(CNO)cn3)c(F)c2)C(=O)O1. The van der Waals surface area contributed by atoms with E-state index < -0.39 is 11.9 Å². The van der Waals surface area contributed by atoms with Crippen LogP contribution in [0.5, 0.6) is 0 Å². The Balaban J connectivity index is 1.84. The predicted octanol–water partition coefficient (Wildman–Crippen LogP) is 0.774. The van der Waals surface area contributed by atoms with Crippen molar-refractivity contribution in [2.75, 3.05) is 18.0 Å². The molecule has 0 radical (unpaired) electrons. The average molecular weight is 321 g/mol. The molecule has 0 saturated carbocycles. The summed E-state index contributed by atoms with van der Waals surface area (Å²) in [5, 5.41) is 12.7. The van der Waals surface area contributed by atoms with Gasteiger partial charge < -0.3 is 15.7 Å². The van der Waals surface area contributed by atoms with Gasteiger partial charge in [-0.1, -0.05) is 0 Å². The minimum atomic E-state index is -0.539. The van der Waals surface area contributed by atoms with Gasteiger partial charge in [0.15, 0.2) is 5.82 Å². The summed E-state index contributed by atoms with van der Waals surface area (Å²) in [5.74, 6) is -0.530. The molecule has 2 aromatic rings. The van der Waals surface area contributed by atoms with Gasteiger partial charge in [0.25, 0.3) is 0 Å². The number of carbonyl (C=O) groups excluding carboxylic acids is 1. The van der Waals surface area contributed by atoms with E-state index in [2.05, 4.69) is 5.10 Å². The number of hydrogen-bond donors (Lipinski definition) is 3. The summed E-state index contributed by atoms with van der Waals surface area (Å²) in [7, 11) is 0. The predicted molar refractivity (Wildman–Crippen MR) is 78.8 cm³/mol. The summed E-state index contributed by atoms with van der Waals surface area (Å²) >= 11 is 0. The number of anilines is 1. The average Bonchev–Trinajstić information content (AvgIpc) is 3.14. The number of hydroxylamine groups is 1. The van der Waals surface area contributed by atoms with E-state index in [1.807, 2.05) is 5.48 Å². The molecule has 1 amide bonds. The second-order valence-electron chi connectivity index (χ2n) is 5.12. The number of rotatable bonds is 5. The van der Waals surface area contributed by atoms with E-state index in [1.165, 1.54) is 27.9 Å². The van der Waals surface area contributed by atoms with Crippen molar-refractivity contribution < 1.29 is 19.1 Å². The molecule has 8 nitrogen and oxygen atoms in total. The normalized spacial score (nSPS) is 17.6. The molecule has 1 aliphatic heterocycles. The Morgan fingerprint density at radius 3 is 3.00 bits per heavy atom. The maximum atomic E-state index is 14.4. The maximum absolute atomic E-state index is 14.4. The second kappa shape index (κ2) is 6.32. The zero-order valence-electron chi connectivity index (χ0n) is 12.1. The Bertz CT molecular complexity index is 720. The molecule has 1 saturated heterocycles. The van der Waals surface area contributed by atoms with Crippen LogP contribution in [-0.4, -0.2) is 40.3 Å². The highest BCUT2D eigenvalue weighted by Crippen LogP contribution is 2.25. The van der Waals surface area contributed by atoms with Gasteiger partial charge in [0, 0.05) is 24.8 Å². The third kappa shape index (κ3) is 3.02. The Hall–Kier alpha value is -2.49. The largest absolute Gasteiger partial charge is 0.443 e. The van der Waals surface area contributed by atoms with Crippen LogP contribution in [0.4, 0.5) is 14.9 Å². The van der Waals surface area contributed by atoms with E-state index in [9.17, 15) is 9.18 Å². The van der Waals surface area contributed by atoms with Gasteiger partial charge >= 0.3 is 6.09 Å². The number of nitrogens with one attached hydrogen (secondary N) is 1. The van der Waals surface area contributed by atoms with E-state index in [0.717, 1.165) is 0 Å². The molecule has 1 aliphatic rings. The number of nitrogens with zero attached hydrogens (tertiary/aromatic N) is 3. The van der Waals surface area contributed by atoms with Crippen LogP contribution < -0.4 is 16.1 Å². The molecule has 2 heterocycles. The minimum Gasteiger partial charge on any atom is -0.443 e. The summed E-state index contributed by atoms with van der Waals surface area (Å²) in [6.45, 7) is 0.722. The monoisotopic (exact) mass is 321 g/mol. The molecule has 0 spiro atoms. The first-order chi connectivity index (χ1) is 11.1. The zero-order chi connectivity index (χ0) is 16.4. The number of carbonyl (C=O) groups is 1. The second-order valence-corrected chi connectivity index (χ2v) is 5.12. The fourth-order valence-electron chi connectivity index (χ4n) is 2.38. The zero-order valence-corrected chi connectivity index (χ0v) is 12.1.